The molecule has 0 aliphatic carbocycles. The highest BCUT2D eigenvalue weighted by molar-refractivity contribution is 5.98. The molecule has 7 heteroatoms. The fourth-order valence-corrected chi connectivity index (χ4v) is 4.00. The molecule has 0 saturated heterocycles. The van der Waals surface area contributed by atoms with Crippen LogP contribution in [0, 0.1) is 0 Å². The first-order valence-corrected chi connectivity index (χ1v) is 10.8. The standard InChI is InChI=1S/C25H26N4O3/c1-4-18-9-11-19(12-10-18)21-15-22(26-17(3)30)25(32)29(27-21)16(2)24(31)28-14-13-20-7-5-6-8-23(20)28/h5-12,15-16H,4,13-14H2,1-3H3,(H,26,30)/t16-/m0/s1. The Labute approximate surface area is 186 Å². The summed E-state index contributed by atoms with van der Waals surface area (Å²) < 4.78 is 1.18. The van der Waals surface area contributed by atoms with E-state index in [1.165, 1.54) is 17.2 Å². The minimum atomic E-state index is -0.837. The zero-order chi connectivity index (χ0) is 22.8. The molecule has 164 valence electrons. The van der Waals surface area contributed by atoms with Gasteiger partial charge >= 0.3 is 0 Å². The molecule has 1 aliphatic heterocycles. The summed E-state index contributed by atoms with van der Waals surface area (Å²) in [5.41, 5.74) is 4.06. The number of anilines is 2. The highest BCUT2D eigenvalue weighted by atomic mass is 16.2. The predicted octanol–water partition coefficient (Wildman–Crippen LogP) is 3.58. The van der Waals surface area contributed by atoms with E-state index in [4.69, 9.17) is 0 Å². The van der Waals surface area contributed by atoms with Crippen LogP contribution in [0.3, 0.4) is 0 Å². The van der Waals surface area contributed by atoms with Gasteiger partial charge in [0.1, 0.15) is 11.7 Å². The van der Waals surface area contributed by atoms with E-state index in [2.05, 4.69) is 17.3 Å². The van der Waals surface area contributed by atoms with Crippen molar-refractivity contribution in [1.29, 1.82) is 0 Å². The van der Waals surface area contributed by atoms with Crippen molar-refractivity contribution in [3.8, 4) is 11.3 Å². The Morgan fingerprint density at radius 1 is 1.12 bits per heavy atom. The molecule has 7 nitrogen and oxygen atoms in total. The number of carbonyl (C=O) groups excluding carboxylic acids is 2. The molecular formula is C25H26N4O3. The number of aromatic nitrogens is 2. The summed E-state index contributed by atoms with van der Waals surface area (Å²) in [4.78, 5) is 39.9. The molecule has 0 radical (unpaired) electrons. The van der Waals surface area contributed by atoms with Gasteiger partial charge in [0.15, 0.2) is 0 Å². The van der Waals surface area contributed by atoms with Crippen molar-refractivity contribution in [2.24, 2.45) is 0 Å². The maximum absolute atomic E-state index is 13.4. The molecule has 2 amide bonds. The molecule has 0 unspecified atom stereocenters. The normalized spacial score (nSPS) is 13.5. The number of benzene rings is 2. The van der Waals surface area contributed by atoms with E-state index in [1.54, 1.807) is 17.9 Å². The van der Waals surface area contributed by atoms with E-state index in [-0.39, 0.29) is 17.5 Å². The first kappa shape index (κ1) is 21.5. The van der Waals surface area contributed by atoms with Crippen LogP contribution in [-0.2, 0) is 22.4 Å². The van der Waals surface area contributed by atoms with Crippen molar-refractivity contribution < 1.29 is 9.59 Å². The Balaban J connectivity index is 1.75. The van der Waals surface area contributed by atoms with Crippen LogP contribution in [0.4, 0.5) is 11.4 Å². The zero-order valence-corrected chi connectivity index (χ0v) is 18.5. The third-order valence-electron chi connectivity index (χ3n) is 5.78. The van der Waals surface area contributed by atoms with Crippen LogP contribution in [0.1, 0.15) is 37.9 Å². The number of nitrogens with zero attached hydrogens (tertiary/aromatic N) is 3. The smallest absolute Gasteiger partial charge is 0.291 e. The quantitative estimate of drug-likeness (QED) is 0.671. The SMILES string of the molecule is CCc1ccc(-c2cc(NC(C)=O)c(=O)n([C@@H](C)C(=O)N3CCc4ccccc43)n2)cc1. The lowest BCUT2D eigenvalue weighted by Gasteiger charge is -2.23. The average Bonchev–Trinajstić information content (AvgIpc) is 3.23. The first-order valence-electron chi connectivity index (χ1n) is 10.8. The monoisotopic (exact) mass is 430 g/mol. The Morgan fingerprint density at radius 2 is 1.84 bits per heavy atom. The van der Waals surface area contributed by atoms with Gasteiger partial charge in [0, 0.05) is 24.7 Å². The molecule has 3 aromatic rings. The number of para-hydroxylation sites is 1. The van der Waals surface area contributed by atoms with Crippen molar-refractivity contribution in [2.75, 3.05) is 16.8 Å². The third kappa shape index (κ3) is 4.06. The van der Waals surface area contributed by atoms with Gasteiger partial charge in [0.05, 0.1) is 5.69 Å². The van der Waals surface area contributed by atoms with Crippen molar-refractivity contribution in [2.45, 2.75) is 39.7 Å². The van der Waals surface area contributed by atoms with Crippen molar-refractivity contribution in [3.05, 3.63) is 76.1 Å². The summed E-state index contributed by atoms with van der Waals surface area (Å²) in [6.45, 7) is 5.65. The van der Waals surface area contributed by atoms with Gasteiger partial charge in [-0.05, 0) is 43.0 Å². The molecule has 0 fully saturated rings. The lowest BCUT2D eigenvalue weighted by Crippen LogP contribution is -2.40. The van der Waals surface area contributed by atoms with Crippen molar-refractivity contribution >= 4 is 23.2 Å². The number of amides is 2. The number of hydrogen-bond donors (Lipinski definition) is 1. The topological polar surface area (TPSA) is 84.3 Å². The highest BCUT2D eigenvalue weighted by Crippen LogP contribution is 2.29. The van der Waals surface area contributed by atoms with E-state index < -0.39 is 11.6 Å². The average molecular weight is 431 g/mol. The summed E-state index contributed by atoms with van der Waals surface area (Å²) in [7, 11) is 0. The minimum Gasteiger partial charge on any atom is -0.322 e. The molecule has 0 spiro atoms. The van der Waals surface area contributed by atoms with Crippen LogP contribution in [0.25, 0.3) is 11.3 Å². The lowest BCUT2D eigenvalue weighted by atomic mass is 10.1. The summed E-state index contributed by atoms with van der Waals surface area (Å²) in [5, 5.41) is 7.11. The number of fused-ring (bicyclic) bond motifs is 1. The molecule has 0 bridgehead atoms. The van der Waals surface area contributed by atoms with Gasteiger partial charge in [-0.2, -0.15) is 5.10 Å². The Morgan fingerprint density at radius 3 is 2.53 bits per heavy atom. The fraction of sp³-hybridized carbons (Fsp3) is 0.280. The van der Waals surface area contributed by atoms with E-state index in [1.807, 2.05) is 48.5 Å². The Hall–Kier alpha value is -3.74. The highest BCUT2D eigenvalue weighted by Gasteiger charge is 2.30. The predicted molar refractivity (Wildman–Crippen MR) is 125 cm³/mol. The van der Waals surface area contributed by atoms with Gasteiger partial charge in [-0.15, -0.1) is 0 Å². The Kier molecular flexibility index (Phi) is 5.90. The molecule has 32 heavy (non-hydrogen) atoms. The molecule has 4 rings (SSSR count). The molecule has 1 N–H and O–H groups in total. The number of hydrogen-bond acceptors (Lipinski definition) is 4. The largest absolute Gasteiger partial charge is 0.322 e. The van der Waals surface area contributed by atoms with E-state index in [9.17, 15) is 14.4 Å². The number of aryl methyl sites for hydroxylation is 1. The molecule has 1 aromatic heterocycles. The summed E-state index contributed by atoms with van der Waals surface area (Å²) in [6.07, 6.45) is 1.69. The maximum Gasteiger partial charge on any atom is 0.291 e. The zero-order valence-electron chi connectivity index (χ0n) is 18.5. The minimum absolute atomic E-state index is 0.101. The van der Waals surface area contributed by atoms with Gasteiger partial charge in [-0.3, -0.25) is 14.4 Å². The van der Waals surface area contributed by atoms with E-state index in [0.29, 0.717) is 12.2 Å². The Bertz CT molecular complexity index is 1230. The lowest BCUT2D eigenvalue weighted by molar-refractivity contribution is -0.121. The molecule has 1 aliphatic rings. The van der Waals surface area contributed by atoms with Crippen LogP contribution in [0.5, 0.6) is 0 Å². The summed E-state index contributed by atoms with van der Waals surface area (Å²) in [5.74, 6) is -0.573. The molecule has 0 saturated carbocycles. The van der Waals surface area contributed by atoms with Gasteiger partial charge < -0.3 is 10.2 Å². The second-order valence-electron chi connectivity index (χ2n) is 7.97. The fourth-order valence-electron chi connectivity index (χ4n) is 4.00. The van der Waals surface area contributed by atoms with Gasteiger partial charge in [-0.1, -0.05) is 49.4 Å². The van der Waals surface area contributed by atoms with E-state index in [0.717, 1.165) is 29.7 Å². The van der Waals surface area contributed by atoms with Gasteiger partial charge in [0.2, 0.25) is 5.91 Å². The molecular weight excluding hydrogens is 404 g/mol. The van der Waals surface area contributed by atoms with Gasteiger partial charge in [0.25, 0.3) is 11.5 Å². The second kappa shape index (κ2) is 8.78. The number of nitrogens with one attached hydrogen (secondary N) is 1. The maximum atomic E-state index is 13.4. The number of carbonyl (C=O) groups is 2. The number of rotatable bonds is 5. The van der Waals surface area contributed by atoms with Crippen LogP contribution in [0.2, 0.25) is 0 Å². The molecule has 2 aromatic carbocycles. The third-order valence-corrected chi connectivity index (χ3v) is 5.78. The summed E-state index contributed by atoms with van der Waals surface area (Å²) in [6, 6.07) is 16.4. The van der Waals surface area contributed by atoms with E-state index >= 15 is 0 Å². The molecule has 1 atom stereocenters. The van der Waals surface area contributed by atoms with Gasteiger partial charge in [-0.25, -0.2) is 4.68 Å². The van der Waals surface area contributed by atoms with Crippen LogP contribution >= 0.6 is 0 Å². The molecule has 2 heterocycles. The van der Waals surface area contributed by atoms with Crippen LogP contribution in [-0.4, -0.2) is 28.1 Å². The summed E-state index contributed by atoms with van der Waals surface area (Å²) >= 11 is 0. The first-order chi connectivity index (χ1) is 15.4. The second-order valence-corrected chi connectivity index (χ2v) is 7.97. The van der Waals surface area contributed by atoms with Crippen molar-refractivity contribution in [1.82, 2.24) is 9.78 Å². The van der Waals surface area contributed by atoms with Crippen LogP contribution < -0.4 is 15.8 Å². The van der Waals surface area contributed by atoms with Crippen LogP contribution in [0.15, 0.2) is 59.4 Å². The van der Waals surface area contributed by atoms with Crippen molar-refractivity contribution in [3.63, 3.8) is 0 Å².